The number of hydrogen-bond acceptors (Lipinski definition) is 15. The zero-order chi connectivity index (χ0) is 38.8. The second kappa shape index (κ2) is 14.3. The summed E-state index contributed by atoms with van der Waals surface area (Å²) < 4.78 is 47.5. The molecule has 1 unspecified atom stereocenters. The number of thioether (sulfide) groups is 1. The van der Waals surface area contributed by atoms with Crippen LogP contribution in [0.2, 0.25) is 0 Å². The van der Waals surface area contributed by atoms with E-state index in [0.29, 0.717) is 51.9 Å². The predicted octanol–water partition coefficient (Wildman–Crippen LogP) is 4.40. The summed E-state index contributed by atoms with van der Waals surface area (Å²) in [6.07, 6.45) is -0.232. The average Bonchev–Trinajstić information content (AvgIpc) is 3.59. The third-order valence-electron chi connectivity index (χ3n) is 10.7. The maximum absolute atomic E-state index is 13.8. The minimum Gasteiger partial charge on any atom is -0.493 e. The maximum Gasteiger partial charge on any atom is 0.408 e. The lowest BCUT2D eigenvalue weighted by Crippen LogP contribution is -2.69. The number of ether oxygens (including phenoxy) is 8. The third kappa shape index (κ3) is 6.24. The van der Waals surface area contributed by atoms with E-state index in [-0.39, 0.29) is 32.0 Å². The first-order valence-electron chi connectivity index (χ1n) is 17.8. The molecule has 7 rings (SSSR count). The summed E-state index contributed by atoms with van der Waals surface area (Å²) in [5.74, 6) is 1.18. The van der Waals surface area contributed by atoms with Gasteiger partial charge in [0, 0.05) is 54.1 Å². The molecule has 1 N–H and O–H groups in total. The molecule has 54 heavy (non-hydrogen) atoms. The van der Waals surface area contributed by atoms with E-state index in [4.69, 9.17) is 37.9 Å². The number of esters is 2. The molecule has 4 bridgehead atoms. The lowest BCUT2D eigenvalue weighted by Gasteiger charge is -2.61. The van der Waals surface area contributed by atoms with Gasteiger partial charge in [-0.3, -0.25) is 14.6 Å². The molecule has 0 radical (unpaired) electrons. The van der Waals surface area contributed by atoms with E-state index < -0.39 is 59.1 Å². The minimum atomic E-state index is -1.09. The van der Waals surface area contributed by atoms with Crippen LogP contribution in [-0.2, 0) is 30.2 Å². The molecule has 0 aromatic heterocycles. The van der Waals surface area contributed by atoms with Crippen LogP contribution in [0.25, 0.3) is 0 Å². The number of fused-ring (bicyclic) bond motifs is 9. The van der Waals surface area contributed by atoms with E-state index >= 15 is 0 Å². The number of cyclic esters (lactones) is 1. The Hall–Kier alpha value is -4.43. The molecule has 5 heterocycles. The van der Waals surface area contributed by atoms with Gasteiger partial charge in [-0.15, -0.1) is 11.8 Å². The number of aryl methyl sites for hydroxylation is 1. The molecule has 2 aromatic rings. The molecule has 5 aliphatic heterocycles. The molecule has 0 aliphatic carbocycles. The van der Waals surface area contributed by atoms with Gasteiger partial charge in [-0.2, -0.15) is 5.26 Å². The van der Waals surface area contributed by atoms with Gasteiger partial charge in [0.25, 0.3) is 0 Å². The molecule has 7 atom stereocenters. The van der Waals surface area contributed by atoms with Gasteiger partial charge < -0.3 is 43.2 Å². The number of nitrogens with one attached hydrogen (secondary N) is 1. The number of piperazine rings is 1. The van der Waals surface area contributed by atoms with Crippen LogP contribution in [0.15, 0.2) is 6.07 Å². The SMILES string of the molecule is COCOc1c(OC)c(C)cc2c1[C@H]1C3[C@@H]4SC[C@H](NC(=O)OC(C)(C)C)C(=O)OC[C@@H](c5c6c(c(C)c(OC(C)=O)c54)OCO6)N3[C@@H](C#N)[C@H](C2)N1C. The van der Waals surface area contributed by atoms with Gasteiger partial charge in [-0.1, -0.05) is 6.07 Å². The fourth-order valence-corrected chi connectivity index (χ4v) is 10.3. The van der Waals surface area contributed by atoms with Crippen LogP contribution in [0.5, 0.6) is 28.7 Å². The number of carbonyl (C=O) groups is 3. The number of alkyl carbamates (subject to hydrolysis) is 1. The standard InChI is InChI=1S/C38H46N4O11S/c1-17-10-20-11-22-23(12-39)42-24-13-48-36(44)21(40-37(45)53-38(4,5)6)14-54-35(27-26(24)34-32(50-16-51-34)18(2)31(27)52-19(3)43)29(42)28(41(22)7)25(20)33(30(17)47-9)49-15-46-8/h10,21-24,28-29,35H,11,13-16H2,1-9H3,(H,40,45)/t21-,22-,23-,24-,28-,29?,35+/m0/s1. The van der Waals surface area contributed by atoms with E-state index in [0.717, 1.165) is 16.7 Å². The van der Waals surface area contributed by atoms with Crippen molar-refractivity contribution in [3.05, 3.63) is 39.4 Å². The largest absolute Gasteiger partial charge is 0.493 e. The smallest absolute Gasteiger partial charge is 0.408 e. The van der Waals surface area contributed by atoms with Gasteiger partial charge in [0.1, 0.15) is 30.0 Å². The highest BCUT2D eigenvalue weighted by Crippen LogP contribution is 2.64. The van der Waals surface area contributed by atoms with Gasteiger partial charge in [-0.05, 0) is 59.2 Å². The highest BCUT2D eigenvalue weighted by Gasteiger charge is 2.61. The zero-order valence-corrected chi connectivity index (χ0v) is 32.7. The van der Waals surface area contributed by atoms with Gasteiger partial charge >= 0.3 is 18.0 Å². The summed E-state index contributed by atoms with van der Waals surface area (Å²) in [5.41, 5.74) is 3.86. The van der Waals surface area contributed by atoms with Crippen molar-refractivity contribution in [2.24, 2.45) is 0 Å². The number of methoxy groups -OCH3 is 2. The molecule has 15 nitrogen and oxygen atoms in total. The van der Waals surface area contributed by atoms with Crippen LogP contribution in [0, 0.1) is 25.2 Å². The Morgan fingerprint density at radius 2 is 1.81 bits per heavy atom. The van der Waals surface area contributed by atoms with Crippen molar-refractivity contribution in [1.29, 1.82) is 5.26 Å². The lowest BCUT2D eigenvalue weighted by molar-refractivity contribution is -0.151. The monoisotopic (exact) mass is 766 g/mol. The van der Waals surface area contributed by atoms with E-state index in [1.165, 1.54) is 18.7 Å². The number of nitriles is 1. The fraction of sp³-hybridized carbons (Fsp3) is 0.579. The summed E-state index contributed by atoms with van der Waals surface area (Å²) in [5, 5.41) is 13.2. The second-order valence-corrected chi connectivity index (χ2v) is 16.3. The van der Waals surface area contributed by atoms with E-state index in [1.54, 1.807) is 35.0 Å². The lowest BCUT2D eigenvalue weighted by atomic mass is 9.71. The first-order chi connectivity index (χ1) is 25.7. The van der Waals surface area contributed by atoms with Crippen molar-refractivity contribution < 1.29 is 52.3 Å². The Balaban J connectivity index is 1.49. The van der Waals surface area contributed by atoms with Crippen molar-refractivity contribution >= 4 is 29.8 Å². The van der Waals surface area contributed by atoms with Crippen LogP contribution >= 0.6 is 11.8 Å². The van der Waals surface area contributed by atoms with Crippen molar-refractivity contribution in [1.82, 2.24) is 15.1 Å². The van der Waals surface area contributed by atoms with Gasteiger partial charge in [-0.25, -0.2) is 9.59 Å². The Labute approximate surface area is 318 Å². The van der Waals surface area contributed by atoms with Crippen molar-refractivity contribution in [2.45, 2.75) is 95.1 Å². The van der Waals surface area contributed by atoms with Gasteiger partial charge in [0.05, 0.1) is 30.5 Å². The molecule has 16 heteroatoms. The highest BCUT2D eigenvalue weighted by atomic mass is 32.2. The summed E-state index contributed by atoms with van der Waals surface area (Å²) in [7, 11) is 5.16. The molecule has 0 spiro atoms. The molecule has 2 aromatic carbocycles. The highest BCUT2D eigenvalue weighted by molar-refractivity contribution is 7.99. The van der Waals surface area contributed by atoms with Gasteiger partial charge in [0.2, 0.25) is 6.79 Å². The van der Waals surface area contributed by atoms with Crippen LogP contribution in [-0.4, -0.2) is 105 Å². The Kier molecular flexibility index (Phi) is 10.1. The van der Waals surface area contributed by atoms with Gasteiger partial charge in [0.15, 0.2) is 29.8 Å². The topological polar surface area (TPSA) is 167 Å². The number of benzene rings is 2. The first kappa shape index (κ1) is 37.9. The quantitative estimate of drug-likeness (QED) is 0.249. The van der Waals surface area contributed by atoms with Crippen molar-refractivity contribution in [3.63, 3.8) is 0 Å². The van der Waals surface area contributed by atoms with Crippen molar-refractivity contribution in [2.75, 3.05) is 47.2 Å². The molecule has 290 valence electrons. The minimum absolute atomic E-state index is 0.0296. The molecular formula is C38H46N4O11S. The molecule has 0 saturated carbocycles. The van der Waals surface area contributed by atoms with E-state index in [9.17, 15) is 19.6 Å². The molecule has 2 fully saturated rings. The zero-order valence-electron chi connectivity index (χ0n) is 31.9. The Bertz CT molecular complexity index is 1930. The molecular weight excluding hydrogens is 721 g/mol. The number of amides is 1. The maximum atomic E-state index is 13.8. The number of carbonyl (C=O) groups excluding carboxylic acids is 3. The van der Waals surface area contributed by atoms with E-state index in [1.807, 2.05) is 20.9 Å². The first-order valence-corrected chi connectivity index (χ1v) is 18.9. The summed E-state index contributed by atoms with van der Waals surface area (Å²) in [4.78, 5) is 44.1. The molecule has 5 aliphatic rings. The fourth-order valence-electron chi connectivity index (χ4n) is 8.76. The number of likely N-dealkylation sites (N-methyl/N-ethyl adjacent to an activating group) is 1. The summed E-state index contributed by atoms with van der Waals surface area (Å²) in [6, 6.07) is 1.01. The molecule has 2 saturated heterocycles. The second-order valence-electron chi connectivity index (χ2n) is 15.1. The van der Waals surface area contributed by atoms with Crippen LogP contribution in [0.4, 0.5) is 4.79 Å². The third-order valence-corrected chi connectivity index (χ3v) is 12.1. The summed E-state index contributed by atoms with van der Waals surface area (Å²) >= 11 is 1.39. The number of hydrogen-bond donors (Lipinski definition) is 1. The number of rotatable bonds is 6. The predicted molar refractivity (Wildman–Crippen MR) is 194 cm³/mol. The van der Waals surface area contributed by atoms with Crippen LogP contribution in [0.3, 0.4) is 0 Å². The normalized spacial score (nSPS) is 27.0. The summed E-state index contributed by atoms with van der Waals surface area (Å²) in [6.45, 7) is 10.0. The number of nitrogens with zero attached hydrogens (tertiary/aromatic N) is 3. The Morgan fingerprint density at radius 3 is 2.48 bits per heavy atom. The van der Waals surface area contributed by atoms with Crippen molar-refractivity contribution in [3.8, 4) is 34.8 Å². The van der Waals surface area contributed by atoms with Crippen LogP contribution in [0.1, 0.15) is 78.4 Å². The van der Waals surface area contributed by atoms with E-state index in [2.05, 4.69) is 27.3 Å². The van der Waals surface area contributed by atoms with Crippen LogP contribution < -0.4 is 29.0 Å². The Morgan fingerprint density at radius 1 is 1.07 bits per heavy atom. The average molecular weight is 767 g/mol. The molecule has 1 amide bonds.